The molecule has 24 heavy (non-hydrogen) atoms. The highest BCUT2D eigenvalue weighted by Gasteiger charge is 2.15. The summed E-state index contributed by atoms with van der Waals surface area (Å²) in [6.07, 6.45) is -0.656. The number of carbonyl (C=O) groups is 1. The Kier molecular flexibility index (Phi) is 4.44. The number of carbonyl (C=O) groups excluding carboxylic acids is 1. The fourth-order valence-electron chi connectivity index (χ4n) is 2.43. The molecule has 3 rings (SSSR count). The monoisotopic (exact) mass is 316 g/mol. The summed E-state index contributed by atoms with van der Waals surface area (Å²) in [6, 6.07) is 22.4. The van der Waals surface area contributed by atoms with Crippen molar-refractivity contribution in [2.24, 2.45) is 0 Å². The van der Waals surface area contributed by atoms with Crippen LogP contribution in [0.15, 0.2) is 66.7 Å². The van der Waals surface area contributed by atoms with Crippen molar-refractivity contribution < 1.29 is 9.53 Å². The molecule has 0 aromatic heterocycles. The molecule has 1 atom stereocenters. The van der Waals surface area contributed by atoms with Gasteiger partial charge in [0.1, 0.15) is 5.75 Å². The van der Waals surface area contributed by atoms with Crippen LogP contribution in [0.3, 0.4) is 0 Å². The summed E-state index contributed by atoms with van der Waals surface area (Å²) in [5.74, 6) is 0.324. The third-order valence-electron chi connectivity index (χ3n) is 3.71. The molecule has 0 radical (unpaired) electrons. The van der Waals surface area contributed by atoms with Gasteiger partial charge in [0, 0.05) is 11.1 Å². The smallest absolute Gasteiger partial charge is 0.265 e. The van der Waals surface area contributed by atoms with Gasteiger partial charge in [-0.1, -0.05) is 36.4 Å². The van der Waals surface area contributed by atoms with Crippen LogP contribution in [0.4, 0.5) is 5.69 Å². The summed E-state index contributed by atoms with van der Waals surface area (Å²) in [5.41, 5.74) is 1.31. The zero-order valence-corrected chi connectivity index (χ0v) is 13.2. The predicted molar refractivity (Wildman–Crippen MR) is 93.8 cm³/mol. The van der Waals surface area contributed by atoms with Gasteiger partial charge in [-0.3, -0.25) is 4.79 Å². The van der Waals surface area contributed by atoms with Gasteiger partial charge in [-0.25, -0.2) is 0 Å². The Labute approximate surface area is 140 Å². The molecule has 0 aliphatic heterocycles. The lowest BCUT2D eigenvalue weighted by Crippen LogP contribution is -2.30. The molecule has 118 valence electrons. The molecule has 1 amide bonds. The van der Waals surface area contributed by atoms with Crippen molar-refractivity contribution in [1.82, 2.24) is 0 Å². The summed E-state index contributed by atoms with van der Waals surface area (Å²) >= 11 is 0. The molecule has 1 unspecified atom stereocenters. The van der Waals surface area contributed by atoms with Crippen LogP contribution in [0.25, 0.3) is 10.8 Å². The summed E-state index contributed by atoms with van der Waals surface area (Å²) in [5, 5.41) is 13.8. The van der Waals surface area contributed by atoms with Crippen molar-refractivity contribution >= 4 is 22.4 Å². The van der Waals surface area contributed by atoms with Crippen LogP contribution in [0.5, 0.6) is 5.75 Å². The van der Waals surface area contributed by atoms with E-state index in [1.54, 1.807) is 31.2 Å². The van der Waals surface area contributed by atoms with Gasteiger partial charge in [-0.15, -0.1) is 0 Å². The van der Waals surface area contributed by atoms with Crippen LogP contribution < -0.4 is 10.1 Å². The van der Waals surface area contributed by atoms with Crippen LogP contribution in [0, 0.1) is 11.3 Å². The number of benzene rings is 3. The maximum atomic E-state index is 12.4. The van der Waals surface area contributed by atoms with Crippen molar-refractivity contribution in [3.63, 3.8) is 0 Å². The summed E-state index contributed by atoms with van der Waals surface area (Å²) in [4.78, 5) is 12.4. The number of hydrogen-bond acceptors (Lipinski definition) is 3. The molecule has 0 fully saturated rings. The molecule has 0 spiro atoms. The van der Waals surface area contributed by atoms with E-state index in [9.17, 15) is 4.79 Å². The van der Waals surface area contributed by atoms with Crippen molar-refractivity contribution in [2.75, 3.05) is 5.32 Å². The third-order valence-corrected chi connectivity index (χ3v) is 3.71. The molecular weight excluding hydrogens is 300 g/mol. The molecule has 3 aromatic carbocycles. The topological polar surface area (TPSA) is 62.1 Å². The highest BCUT2D eigenvalue weighted by Crippen LogP contribution is 2.23. The van der Waals surface area contributed by atoms with Crippen LogP contribution >= 0.6 is 0 Å². The minimum atomic E-state index is -0.656. The second-order valence-corrected chi connectivity index (χ2v) is 5.41. The Balaban J connectivity index is 1.72. The quantitative estimate of drug-likeness (QED) is 0.787. The molecule has 1 N–H and O–H groups in total. The number of fused-ring (bicyclic) bond motifs is 1. The number of ether oxygens (including phenoxy) is 1. The van der Waals surface area contributed by atoms with E-state index in [2.05, 4.69) is 5.32 Å². The van der Waals surface area contributed by atoms with Gasteiger partial charge >= 0.3 is 0 Å². The van der Waals surface area contributed by atoms with Gasteiger partial charge in [-0.2, -0.15) is 5.26 Å². The molecule has 0 saturated heterocycles. The lowest BCUT2D eigenvalue weighted by molar-refractivity contribution is -0.122. The Hall–Kier alpha value is -3.32. The highest BCUT2D eigenvalue weighted by atomic mass is 16.5. The normalized spacial score (nSPS) is 11.5. The van der Waals surface area contributed by atoms with Crippen LogP contribution in [0.1, 0.15) is 12.5 Å². The highest BCUT2D eigenvalue weighted by molar-refractivity contribution is 6.03. The number of anilines is 1. The van der Waals surface area contributed by atoms with E-state index in [0.717, 1.165) is 16.5 Å². The Bertz CT molecular complexity index is 906. The van der Waals surface area contributed by atoms with Gasteiger partial charge in [0.15, 0.2) is 6.10 Å². The van der Waals surface area contributed by atoms with Gasteiger partial charge in [0.2, 0.25) is 0 Å². The van der Waals surface area contributed by atoms with Gasteiger partial charge < -0.3 is 10.1 Å². The number of nitriles is 1. The molecule has 0 aliphatic rings. The van der Waals surface area contributed by atoms with Crippen molar-refractivity contribution in [3.05, 3.63) is 72.3 Å². The fourth-order valence-corrected chi connectivity index (χ4v) is 2.43. The number of hydrogen-bond donors (Lipinski definition) is 1. The van der Waals surface area contributed by atoms with E-state index in [4.69, 9.17) is 10.00 Å². The van der Waals surface area contributed by atoms with Gasteiger partial charge in [-0.05, 0) is 42.6 Å². The predicted octanol–water partition coefficient (Wildman–Crippen LogP) is 4.12. The maximum absolute atomic E-state index is 12.4. The van der Waals surface area contributed by atoms with Crippen molar-refractivity contribution in [3.8, 4) is 11.8 Å². The van der Waals surface area contributed by atoms with Crippen LogP contribution in [0.2, 0.25) is 0 Å². The van der Waals surface area contributed by atoms with E-state index in [1.807, 2.05) is 48.5 Å². The van der Waals surface area contributed by atoms with Gasteiger partial charge in [0.25, 0.3) is 5.91 Å². The summed E-state index contributed by atoms with van der Waals surface area (Å²) < 4.78 is 5.64. The van der Waals surface area contributed by atoms with Crippen molar-refractivity contribution in [1.29, 1.82) is 5.26 Å². The molecule has 0 bridgehead atoms. The van der Waals surface area contributed by atoms with E-state index < -0.39 is 6.10 Å². The molecule has 4 nitrogen and oxygen atoms in total. The van der Waals surface area contributed by atoms with E-state index in [0.29, 0.717) is 11.3 Å². The average Bonchev–Trinajstić information content (AvgIpc) is 2.62. The van der Waals surface area contributed by atoms with Crippen molar-refractivity contribution in [2.45, 2.75) is 13.0 Å². The van der Waals surface area contributed by atoms with Gasteiger partial charge in [0.05, 0.1) is 11.6 Å². The lowest BCUT2D eigenvalue weighted by Gasteiger charge is -2.15. The molecule has 3 aromatic rings. The first-order valence-electron chi connectivity index (χ1n) is 7.63. The van der Waals surface area contributed by atoms with E-state index in [-0.39, 0.29) is 5.91 Å². The second kappa shape index (κ2) is 6.84. The van der Waals surface area contributed by atoms with E-state index >= 15 is 0 Å². The first-order chi connectivity index (χ1) is 11.7. The molecule has 0 saturated carbocycles. The first kappa shape index (κ1) is 15.6. The number of rotatable bonds is 4. The number of nitrogens with one attached hydrogen (secondary N) is 1. The average molecular weight is 316 g/mol. The second-order valence-electron chi connectivity index (χ2n) is 5.41. The maximum Gasteiger partial charge on any atom is 0.265 e. The minimum absolute atomic E-state index is 0.226. The van der Waals surface area contributed by atoms with Crippen LogP contribution in [-0.2, 0) is 4.79 Å². The Morgan fingerprint density at radius 3 is 2.50 bits per heavy atom. The zero-order chi connectivity index (χ0) is 16.9. The molecule has 4 heteroatoms. The van der Waals surface area contributed by atoms with E-state index in [1.165, 1.54) is 0 Å². The Morgan fingerprint density at radius 1 is 1.04 bits per heavy atom. The lowest BCUT2D eigenvalue weighted by atomic mass is 10.1. The fraction of sp³-hybridized carbons (Fsp3) is 0.100. The molecule has 0 aliphatic carbocycles. The minimum Gasteiger partial charge on any atom is -0.481 e. The summed E-state index contributed by atoms with van der Waals surface area (Å²) in [7, 11) is 0. The summed E-state index contributed by atoms with van der Waals surface area (Å²) in [6.45, 7) is 1.69. The van der Waals surface area contributed by atoms with Crippen LogP contribution in [-0.4, -0.2) is 12.0 Å². The standard InChI is InChI=1S/C20H16N2O2/c1-14(24-17-11-9-15(13-21)10-12-17)20(23)22-19-8-4-6-16-5-2-3-7-18(16)19/h2-12,14H,1H3,(H,22,23). The first-order valence-corrected chi connectivity index (χ1v) is 7.63. The third kappa shape index (κ3) is 3.36. The molecular formula is C20H16N2O2. The molecule has 0 heterocycles. The largest absolute Gasteiger partial charge is 0.481 e. The number of amides is 1. The Morgan fingerprint density at radius 2 is 1.75 bits per heavy atom. The SMILES string of the molecule is CC(Oc1ccc(C#N)cc1)C(=O)Nc1cccc2ccccc12. The zero-order valence-electron chi connectivity index (χ0n) is 13.2. The number of nitrogens with zero attached hydrogens (tertiary/aromatic N) is 1.